The van der Waals surface area contributed by atoms with Crippen LogP contribution in [0.15, 0.2) is 48.5 Å². The molecule has 6 nitrogen and oxygen atoms in total. The fraction of sp³-hybridized carbons (Fsp3) is 0.462. The van der Waals surface area contributed by atoms with Gasteiger partial charge in [-0.15, -0.1) is 0 Å². The van der Waals surface area contributed by atoms with Crippen molar-refractivity contribution in [2.75, 3.05) is 39.8 Å². The number of amides is 1. The van der Waals surface area contributed by atoms with Crippen LogP contribution in [0, 0.1) is 0 Å². The Morgan fingerprint density at radius 3 is 2.41 bits per heavy atom. The number of nitrogens with one attached hydrogen (secondary N) is 1. The average molecular weight is 438 g/mol. The quantitative estimate of drug-likeness (QED) is 0.545. The second kappa shape index (κ2) is 12.4. The van der Waals surface area contributed by atoms with Crippen molar-refractivity contribution in [1.29, 1.82) is 0 Å². The van der Waals surface area contributed by atoms with Crippen molar-refractivity contribution in [2.45, 2.75) is 39.3 Å². The average Bonchev–Trinajstić information content (AvgIpc) is 2.82. The molecule has 0 spiro atoms. The molecule has 0 bridgehead atoms. The van der Waals surface area contributed by atoms with Crippen molar-refractivity contribution in [3.05, 3.63) is 65.2 Å². The zero-order chi connectivity index (χ0) is 22.8. The molecule has 32 heavy (non-hydrogen) atoms. The van der Waals surface area contributed by atoms with Crippen LogP contribution in [-0.2, 0) is 17.9 Å². The van der Waals surface area contributed by atoms with E-state index in [0.717, 1.165) is 50.5 Å². The molecule has 1 N–H and O–H groups in total. The normalized spacial score (nSPS) is 14.8. The van der Waals surface area contributed by atoms with E-state index in [1.807, 2.05) is 19.1 Å². The van der Waals surface area contributed by atoms with E-state index < -0.39 is 0 Å². The van der Waals surface area contributed by atoms with E-state index in [-0.39, 0.29) is 24.5 Å². The summed E-state index contributed by atoms with van der Waals surface area (Å²) in [6.07, 6.45) is 1.33. The van der Waals surface area contributed by atoms with Gasteiger partial charge in [-0.3, -0.25) is 14.5 Å². The van der Waals surface area contributed by atoms with E-state index in [1.54, 1.807) is 24.3 Å². The van der Waals surface area contributed by atoms with Crippen LogP contribution < -0.4 is 10.1 Å². The summed E-state index contributed by atoms with van der Waals surface area (Å²) in [5, 5.41) is 2.94. The minimum absolute atomic E-state index is 0.0311. The number of hydrogen-bond donors (Lipinski definition) is 1. The van der Waals surface area contributed by atoms with Gasteiger partial charge in [-0.2, -0.15) is 0 Å². The molecule has 1 heterocycles. The van der Waals surface area contributed by atoms with Crippen LogP contribution in [-0.4, -0.2) is 61.3 Å². The van der Waals surface area contributed by atoms with Crippen LogP contribution in [0.5, 0.6) is 5.75 Å². The first kappa shape index (κ1) is 24.0. The molecule has 172 valence electrons. The zero-order valence-corrected chi connectivity index (χ0v) is 19.3. The van der Waals surface area contributed by atoms with Crippen molar-refractivity contribution < 1.29 is 14.3 Å². The number of hydrogen-bond acceptors (Lipinski definition) is 5. The molecule has 0 aromatic heterocycles. The molecule has 1 aliphatic heterocycles. The van der Waals surface area contributed by atoms with Crippen LogP contribution in [0.2, 0.25) is 0 Å². The monoisotopic (exact) mass is 437 g/mol. The second-order valence-electron chi connectivity index (χ2n) is 8.47. The topological polar surface area (TPSA) is 61.9 Å². The van der Waals surface area contributed by atoms with Crippen molar-refractivity contribution in [3.63, 3.8) is 0 Å². The number of likely N-dealkylation sites (N-methyl/N-ethyl adjacent to an activating group) is 1. The van der Waals surface area contributed by atoms with Gasteiger partial charge < -0.3 is 15.0 Å². The largest absolute Gasteiger partial charge is 0.494 e. The van der Waals surface area contributed by atoms with Crippen molar-refractivity contribution in [2.24, 2.45) is 0 Å². The third-order valence-electron chi connectivity index (χ3n) is 5.71. The molecule has 1 amide bonds. The molecule has 0 atom stereocenters. The lowest BCUT2D eigenvalue weighted by atomic mass is 10.1. The van der Waals surface area contributed by atoms with E-state index >= 15 is 0 Å². The van der Waals surface area contributed by atoms with E-state index in [4.69, 9.17) is 4.74 Å². The predicted molar refractivity (Wildman–Crippen MR) is 127 cm³/mol. The van der Waals surface area contributed by atoms with Gasteiger partial charge >= 0.3 is 0 Å². The number of nitrogens with zero attached hydrogens (tertiary/aromatic N) is 2. The number of rotatable bonds is 11. The summed E-state index contributed by atoms with van der Waals surface area (Å²) in [6.45, 7) is 8.50. The number of benzene rings is 2. The molecule has 0 aliphatic carbocycles. The van der Waals surface area contributed by atoms with Gasteiger partial charge in [-0.25, -0.2) is 0 Å². The first-order valence-corrected chi connectivity index (χ1v) is 11.5. The summed E-state index contributed by atoms with van der Waals surface area (Å²) in [4.78, 5) is 29.5. The maximum absolute atomic E-state index is 12.4. The zero-order valence-electron chi connectivity index (χ0n) is 19.3. The Hall–Kier alpha value is -2.70. The van der Waals surface area contributed by atoms with Gasteiger partial charge in [0.1, 0.15) is 5.75 Å². The molecule has 1 aliphatic rings. The summed E-state index contributed by atoms with van der Waals surface area (Å²) >= 11 is 0. The number of ether oxygens (including phenoxy) is 1. The first-order valence-electron chi connectivity index (χ1n) is 11.5. The highest BCUT2D eigenvalue weighted by Crippen LogP contribution is 2.15. The number of ketones is 1. The lowest BCUT2D eigenvalue weighted by Gasteiger charge is -2.32. The van der Waals surface area contributed by atoms with Gasteiger partial charge in [0.2, 0.25) is 5.91 Å². The summed E-state index contributed by atoms with van der Waals surface area (Å²) in [5.41, 5.74) is 2.96. The fourth-order valence-electron chi connectivity index (χ4n) is 3.72. The summed E-state index contributed by atoms with van der Waals surface area (Å²) in [6, 6.07) is 15.5. The van der Waals surface area contributed by atoms with Crippen LogP contribution in [0.3, 0.4) is 0 Å². The minimum Gasteiger partial charge on any atom is -0.494 e. The van der Waals surface area contributed by atoms with Crippen molar-refractivity contribution >= 4 is 11.7 Å². The lowest BCUT2D eigenvalue weighted by molar-refractivity contribution is -0.121. The summed E-state index contributed by atoms with van der Waals surface area (Å²) in [7, 11) is 2.16. The van der Waals surface area contributed by atoms with Gasteiger partial charge in [0.15, 0.2) is 5.78 Å². The molecule has 2 aromatic carbocycles. The molecule has 1 fully saturated rings. The molecule has 0 unspecified atom stereocenters. The molecular weight excluding hydrogens is 402 g/mol. The molecule has 3 rings (SSSR count). The SMILES string of the molecule is CCCOc1ccc(C(=O)CCC(=O)NCc2cccc(CN3CCN(C)CC3)c2)cc1. The first-order chi connectivity index (χ1) is 15.5. The smallest absolute Gasteiger partial charge is 0.220 e. The second-order valence-corrected chi connectivity index (χ2v) is 8.47. The molecule has 0 radical (unpaired) electrons. The fourth-order valence-corrected chi connectivity index (χ4v) is 3.72. The van der Waals surface area contributed by atoms with Gasteiger partial charge in [0.05, 0.1) is 6.61 Å². The third kappa shape index (κ3) is 7.77. The summed E-state index contributed by atoms with van der Waals surface area (Å²) in [5.74, 6) is 0.623. The van der Waals surface area contributed by atoms with Gasteiger partial charge in [0.25, 0.3) is 0 Å². The predicted octanol–water partition coefficient (Wildman–Crippen LogP) is 3.50. The van der Waals surface area contributed by atoms with E-state index in [1.165, 1.54) is 5.56 Å². The number of piperazine rings is 1. The number of carbonyl (C=O) groups is 2. The minimum atomic E-state index is -0.106. The number of carbonyl (C=O) groups excluding carboxylic acids is 2. The standard InChI is InChI=1S/C26H35N3O3/c1-3-17-32-24-9-7-23(8-10-24)25(30)11-12-26(31)27-19-21-5-4-6-22(18-21)20-29-15-13-28(2)14-16-29/h4-10,18H,3,11-17,19-20H2,1-2H3,(H,27,31). The highest BCUT2D eigenvalue weighted by molar-refractivity contribution is 5.98. The number of Topliss-reactive ketones (excluding diaryl/α,β-unsaturated/α-hetero) is 1. The third-order valence-corrected chi connectivity index (χ3v) is 5.71. The maximum atomic E-state index is 12.4. The molecule has 0 saturated carbocycles. The van der Waals surface area contributed by atoms with Gasteiger partial charge in [-0.05, 0) is 48.9 Å². The van der Waals surface area contributed by atoms with Crippen LogP contribution in [0.1, 0.15) is 47.7 Å². The van der Waals surface area contributed by atoms with Gasteiger partial charge in [0, 0.05) is 57.7 Å². The Bertz CT molecular complexity index is 874. The highest BCUT2D eigenvalue weighted by Gasteiger charge is 2.14. The lowest BCUT2D eigenvalue weighted by Crippen LogP contribution is -2.43. The van der Waals surface area contributed by atoms with Crippen molar-refractivity contribution in [1.82, 2.24) is 15.1 Å². The Kier molecular flexibility index (Phi) is 9.26. The van der Waals surface area contributed by atoms with Crippen LogP contribution >= 0.6 is 0 Å². The van der Waals surface area contributed by atoms with Gasteiger partial charge in [-0.1, -0.05) is 31.2 Å². The van der Waals surface area contributed by atoms with Crippen LogP contribution in [0.4, 0.5) is 0 Å². The van der Waals surface area contributed by atoms with E-state index in [2.05, 4.69) is 34.3 Å². The molecular formula is C26H35N3O3. The van der Waals surface area contributed by atoms with Crippen LogP contribution in [0.25, 0.3) is 0 Å². The molecule has 6 heteroatoms. The Morgan fingerprint density at radius 1 is 0.969 bits per heavy atom. The highest BCUT2D eigenvalue weighted by atomic mass is 16.5. The Morgan fingerprint density at radius 2 is 1.69 bits per heavy atom. The van der Waals surface area contributed by atoms with E-state index in [9.17, 15) is 9.59 Å². The summed E-state index contributed by atoms with van der Waals surface area (Å²) < 4.78 is 5.54. The molecule has 2 aromatic rings. The Balaban J connectivity index is 1.40. The molecule has 1 saturated heterocycles. The Labute approximate surface area is 191 Å². The van der Waals surface area contributed by atoms with E-state index in [0.29, 0.717) is 18.7 Å². The van der Waals surface area contributed by atoms with Crippen molar-refractivity contribution in [3.8, 4) is 5.75 Å². The maximum Gasteiger partial charge on any atom is 0.220 e.